The highest BCUT2D eigenvalue weighted by Crippen LogP contribution is 2.14. The van der Waals surface area contributed by atoms with Crippen molar-refractivity contribution in [3.8, 4) is 5.75 Å². The fraction of sp³-hybridized carbons (Fsp3) is 0.521. The molecule has 0 bridgehead atoms. The molecule has 0 radical (unpaired) electrons. The number of nitrogens with two attached hydrogens (primary N) is 5. The van der Waals surface area contributed by atoms with E-state index in [-0.39, 0.29) is 114 Å². The fourth-order valence-corrected chi connectivity index (χ4v) is 7.65. The molecule has 1 aliphatic rings. The number of hydrogen-bond donors (Lipinski definition) is 14. The molecule has 0 spiro atoms. The highest BCUT2D eigenvalue weighted by Gasteiger charge is 2.34. The first-order valence-electron chi connectivity index (χ1n) is 24.3. The van der Waals surface area contributed by atoms with E-state index in [0.29, 0.717) is 11.1 Å². The van der Waals surface area contributed by atoms with E-state index in [2.05, 4.69) is 47.2 Å². The first kappa shape index (κ1) is 60.3. The van der Waals surface area contributed by atoms with Crippen molar-refractivity contribution < 1.29 is 53.4 Å². The zero-order valence-electron chi connectivity index (χ0n) is 41.8. The molecule has 1 fully saturated rings. The second-order valence-electron chi connectivity index (χ2n) is 18.1. The molecule has 26 heteroatoms. The standard InChI is InChI=1S/C48H73N15O11/c1-28(2)23-34(41(49)69)59-42(70)33(12-7-20-56-48(52)53)58-40(68)26-63-22-8-21-54-38(66)17-18-39(67)57-32(11-6-19-55-47(50)51)43(71)60-36(25-30-13-15-31(65)16-14-30)44(72)61-35(24-29-9-4-3-5-10-29)45(73)62-37(27-64)46(63)74/h3-5,9-10,13-16,28,32-37,64-65H,6-8,11-12,17-27H2,1-2H3,(H2,49,69)(H,54,66)(H,57,67)(H,58,68)(H,59,70)(H,60,71)(H,61,72)(H,62,73)(H4,50,51,55)(H4,52,53,56)/t32-,33-,34-,35-,36-,37-/m0/s1. The lowest BCUT2D eigenvalue weighted by atomic mass is 10.0. The van der Waals surface area contributed by atoms with Gasteiger partial charge in [0, 0.05) is 51.9 Å². The van der Waals surface area contributed by atoms with Crippen molar-refractivity contribution in [2.24, 2.45) is 44.6 Å². The topological polar surface area (TPSA) is 436 Å². The molecular weight excluding hydrogens is 963 g/mol. The first-order chi connectivity index (χ1) is 35.1. The van der Waals surface area contributed by atoms with E-state index in [1.807, 2.05) is 13.8 Å². The van der Waals surface area contributed by atoms with Gasteiger partial charge in [0.2, 0.25) is 53.2 Å². The van der Waals surface area contributed by atoms with Gasteiger partial charge in [0.25, 0.3) is 0 Å². The van der Waals surface area contributed by atoms with Crippen LogP contribution in [0.25, 0.3) is 0 Å². The number of rotatable bonds is 21. The van der Waals surface area contributed by atoms with E-state index in [1.54, 1.807) is 30.3 Å². The van der Waals surface area contributed by atoms with E-state index >= 15 is 0 Å². The fourth-order valence-electron chi connectivity index (χ4n) is 7.65. The highest BCUT2D eigenvalue weighted by atomic mass is 16.3. The van der Waals surface area contributed by atoms with Gasteiger partial charge in [-0.25, -0.2) is 0 Å². The minimum Gasteiger partial charge on any atom is -0.508 e. The summed E-state index contributed by atoms with van der Waals surface area (Å²) in [6.45, 7) is 1.76. The predicted molar refractivity (Wildman–Crippen MR) is 273 cm³/mol. The zero-order valence-corrected chi connectivity index (χ0v) is 41.8. The zero-order chi connectivity index (χ0) is 54.7. The maximum absolute atomic E-state index is 14.4. The Morgan fingerprint density at radius 2 is 1.26 bits per heavy atom. The van der Waals surface area contributed by atoms with Crippen LogP contribution in [0, 0.1) is 5.92 Å². The Labute approximate surface area is 429 Å². The number of amides is 9. The van der Waals surface area contributed by atoms with Crippen LogP contribution in [-0.2, 0) is 56.0 Å². The molecule has 2 aromatic rings. The summed E-state index contributed by atoms with van der Waals surface area (Å²) in [7, 11) is 0. The molecule has 1 saturated heterocycles. The molecular formula is C48H73N15O11. The van der Waals surface area contributed by atoms with Gasteiger partial charge in [0.1, 0.15) is 42.0 Å². The molecule has 0 aromatic heterocycles. The average molecular weight is 1040 g/mol. The molecule has 2 aromatic carbocycles. The van der Waals surface area contributed by atoms with Gasteiger partial charge < -0.3 is 81.0 Å². The minimum absolute atomic E-state index is 0.000424. The second kappa shape index (κ2) is 31.4. The molecule has 9 amide bonds. The van der Waals surface area contributed by atoms with Crippen molar-refractivity contribution >= 4 is 65.1 Å². The number of carbonyl (C=O) groups is 9. The van der Waals surface area contributed by atoms with Crippen molar-refractivity contribution in [3.63, 3.8) is 0 Å². The van der Waals surface area contributed by atoms with Crippen LogP contribution in [-0.4, -0.2) is 156 Å². The number of aliphatic hydroxyl groups is 1. The lowest BCUT2D eigenvalue weighted by molar-refractivity contribution is -0.141. The Morgan fingerprint density at radius 3 is 1.82 bits per heavy atom. The molecule has 74 heavy (non-hydrogen) atoms. The Morgan fingerprint density at radius 1 is 0.703 bits per heavy atom. The number of nitrogens with zero attached hydrogens (tertiary/aromatic N) is 3. The van der Waals surface area contributed by atoms with Gasteiger partial charge in [0.05, 0.1) is 13.2 Å². The summed E-state index contributed by atoms with van der Waals surface area (Å²) < 4.78 is 0. The van der Waals surface area contributed by atoms with Crippen molar-refractivity contribution in [3.05, 3.63) is 65.7 Å². The van der Waals surface area contributed by atoms with Crippen molar-refractivity contribution in [1.29, 1.82) is 0 Å². The highest BCUT2D eigenvalue weighted by molar-refractivity contribution is 5.97. The lowest BCUT2D eigenvalue weighted by Gasteiger charge is -2.29. The SMILES string of the molecule is CC(C)C[C@H](NC(=O)[C@H](CCCN=C(N)N)NC(=O)CN1CCCNC(=O)CCC(=O)N[C@@H](CCCN=C(N)N)C(=O)N[C@@H](Cc2ccc(O)cc2)C(=O)N[C@@H](Cc2ccccc2)C(=O)N[C@@H](CO)C1=O)C(N)=O. The van der Waals surface area contributed by atoms with Crippen LogP contribution in [0.4, 0.5) is 0 Å². The van der Waals surface area contributed by atoms with Gasteiger partial charge in [-0.3, -0.25) is 53.1 Å². The smallest absolute Gasteiger partial charge is 0.248 e. The van der Waals surface area contributed by atoms with E-state index in [1.165, 1.54) is 24.3 Å². The number of aliphatic hydroxyl groups excluding tert-OH is 1. The van der Waals surface area contributed by atoms with E-state index in [0.717, 1.165) is 4.90 Å². The summed E-state index contributed by atoms with van der Waals surface area (Å²) in [6, 6.07) is 6.07. The number of primary amides is 1. The van der Waals surface area contributed by atoms with E-state index in [9.17, 15) is 53.4 Å². The predicted octanol–water partition coefficient (Wildman–Crippen LogP) is -4.15. The van der Waals surface area contributed by atoms with Crippen LogP contribution < -0.4 is 65.9 Å². The largest absolute Gasteiger partial charge is 0.508 e. The summed E-state index contributed by atoms with van der Waals surface area (Å²) in [5.41, 5.74) is 28.5. The summed E-state index contributed by atoms with van der Waals surface area (Å²) in [5, 5.41) is 38.9. The van der Waals surface area contributed by atoms with Crippen molar-refractivity contribution in [1.82, 2.24) is 42.1 Å². The third-order valence-electron chi connectivity index (χ3n) is 11.4. The Bertz CT molecular complexity index is 2270. The Kier molecular flexibility index (Phi) is 25.6. The molecule has 0 aliphatic carbocycles. The number of phenolic OH excluding ortho intramolecular Hbond substituents is 1. The number of benzene rings is 2. The molecule has 0 saturated carbocycles. The summed E-state index contributed by atoms with van der Waals surface area (Å²) in [6.07, 6.45) is -0.437. The molecule has 406 valence electrons. The average Bonchev–Trinajstić information content (AvgIpc) is 3.34. The van der Waals surface area contributed by atoms with Gasteiger partial charge >= 0.3 is 0 Å². The molecule has 1 heterocycles. The minimum atomic E-state index is -1.72. The first-order valence-corrected chi connectivity index (χ1v) is 24.3. The van der Waals surface area contributed by atoms with Crippen LogP contribution >= 0.6 is 0 Å². The monoisotopic (exact) mass is 1040 g/mol. The van der Waals surface area contributed by atoms with Crippen LogP contribution in [0.1, 0.15) is 76.3 Å². The number of guanidine groups is 2. The molecule has 1 aliphatic heterocycles. The van der Waals surface area contributed by atoms with Crippen LogP contribution in [0.15, 0.2) is 64.6 Å². The van der Waals surface area contributed by atoms with Crippen molar-refractivity contribution in [2.45, 2.75) is 114 Å². The maximum Gasteiger partial charge on any atom is 0.248 e. The van der Waals surface area contributed by atoms with Gasteiger partial charge in [-0.15, -0.1) is 0 Å². The maximum atomic E-state index is 14.4. The van der Waals surface area contributed by atoms with Gasteiger partial charge in [0.15, 0.2) is 11.9 Å². The number of aromatic hydroxyl groups is 1. The number of hydrogen-bond acceptors (Lipinski definition) is 13. The third kappa shape index (κ3) is 22.6. The molecule has 6 atom stereocenters. The number of nitrogens with one attached hydrogen (secondary N) is 7. The van der Waals surface area contributed by atoms with Crippen LogP contribution in [0.5, 0.6) is 5.75 Å². The van der Waals surface area contributed by atoms with E-state index < -0.39 is 103 Å². The number of carbonyl (C=O) groups excluding carboxylic acids is 9. The van der Waals surface area contributed by atoms with Crippen LogP contribution in [0.3, 0.4) is 0 Å². The molecule has 26 nitrogen and oxygen atoms in total. The van der Waals surface area contributed by atoms with Gasteiger partial charge in [-0.05, 0) is 67.7 Å². The van der Waals surface area contributed by atoms with Gasteiger partial charge in [-0.1, -0.05) is 56.3 Å². The number of aliphatic imine (C=N–C) groups is 2. The normalized spacial score (nSPS) is 19.4. The summed E-state index contributed by atoms with van der Waals surface area (Å²) in [4.78, 5) is 132. The Balaban J connectivity index is 2.05. The quantitative estimate of drug-likeness (QED) is 0.0321. The Hall–Kier alpha value is -8.03. The summed E-state index contributed by atoms with van der Waals surface area (Å²) in [5.74, 6) is -7.77. The lowest BCUT2D eigenvalue weighted by Crippen LogP contribution is -2.60. The van der Waals surface area contributed by atoms with Gasteiger partial charge in [-0.2, -0.15) is 0 Å². The molecule has 0 unspecified atom stereocenters. The van der Waals surface area contributed by atoms with E-state index in [4.69, 9.17) is 28.7 Å². The number of phenols is 1. The molecule has 3 rings (SSSR count). The third-order valence-corrected chi connectivity index (χ3v) is 11.4. The summed E-state index contributed by atoms with van der Waals surface area (Å²) >= 11 is 0. The van der Waals surface area contributed by atoms with Crippen LogP contribution in [0.2, 0.25) is 0 Å². The van der Waals surface area contributed by atoms with Crippen molar-refractivity contribution in [2.75, 3.05) is 39.3 Å². The molecule has 19 N–H and O–H groups in total. The second-order valence-corrected chi connectivity index (χ2v) is 18.1.